The number of hydrogen-bond acceptors (Lipinski definition) is 3. The standard InChI is InChI=1S/C17H29N3O/c1-5-19(4)17(21)14-18-13-16(20(6-2)7-3)15-11-9-8-10-12-15/h8-12,16,18H,5-7,13-14H2,1-4H3. The summed E-state index contributed by atoms with van der Waals surface area (Å²) in [6.45, 7) is 10.3. The Labute approximate surface area is 129 Å². The van der Waals surface area contributed by atoms with Crippen LogP contribution in [0.5, 0.6) is 0 Å². The molecule has 4 nitrogen and oxygen atoms in total. The average molecular weight is 291 g/mol. The van der Waals surface area contributed by atoms with Crippen molar-refractivity contribution in [2.24, 2.45) is 0 Å². The zero-order valence-electron chi connectivity index (χ0n) is 13.8. The molecule has 4 heteroatoms. The molecule has 0 radical (unpaired) electrons. The number of amides is 1. The van der Waals surface area contributed by atoms with E-state index in [1.807, 2.05) is 20.0 Å². The van der Waals surface area contributed by atoms with Crippen LogP contribution < -0.4 is 5.32 Å². The molecule has 0 fully saturated rings. The minimum atomic E-state index is 0.142. The zero-order valence-corrected chi connectivity index (χ0v) is 13.8. The fraction of sp³-hybridized carbons (Fsp3) is 0.588. The van der Waals surface area contributed by atoms with Crippen LogP contribution in [0.25, 0.3) is 0 Å². The number of carbonyl (C=O) groups excluding carboxylic acids is 1. The van der Waals surface area contributed by atoms with Gasteiger partial charge in [-0.25, -0.2) is 0 Å². The van der Waals surface area contributed by atoms with E-state index in [4.69, 9.17) is 0 Å². The fourth-order valence-corrected chi connectivity index (χ4v) is 2.42. The van der Waals surface area contributed by atoms with E-state index in [0.717, 1.165) is 26.2 Å². The zero-order chi connectivity index (χ0) is 15.7. The van der Waals surface area contributed by atoms with Crippen molar-refractivity contribution in [2.45, 2.75) is 26.8 Å². The van der Waals surface area contributed by atoms with Crippen molar-refractivity contribution < 1.29 is 4.79 Å². The second-order valence-corrected chi connectivity index (χ2v) is 5.19. The highest BCUT2D eigenvalue weighted by Crippen LogP contribution is 2.19. The van der Waals surface area contributed by atoms with E-state index >= 15 is 0 Å². The van der Waals surface area contributed by atoms with Crippen LogP contribution >= 0.6 is 0 Å². The Bertz CT molecular complexity index is 404. The number of hydrogen-bond donors (Lipinski definition) is 1. The number of nitrogens with zero attached hydrogens (tertiary/aromatic N) is 2. The Morgan fingerprint density at radius 1 is 1.10 bits per heavy atom. The van der Waals surface area contributed by atoms with Gasteiger partial charge in [-0.15, -0.1) is 0 Å². The molecule has 0 aliphatic heterocycles. The van der Waals surface area contributed by atoms with Crippen LogP contribution in [0, 0.1) is 0 Å². The van der Waals surface area contributed by atoms with Crippen LogP contribution in [-0.2, 0) is 4.79 Å². The quantitative estimate of drug-likeness (QED) is 0.757. The number of carbonyl (C=O) groups is 1. The van der Waals surface area contributed by atoms with Crippen molar-refractivity contribution in [2.75, 3.05) is 39.8 Å². The van der Waals surface area contributed by atoms with Gasteiger partial charge < -0.3 is 10.2 Å². The van der Waals surface area contributed by atoms with Crippen molar-refractivity contribution in [3.8, 4) is 0 Å². The minimum absolute atomic E-state index is 0.142. The summed E-state index contributed by atoms with van der Waals surface area (Å²) < 4.78 is 0. The van der Waals surface area contributed by atoms with Gasteiger partial charge in [0.2, 0.25) is 5.91 Å². The molecule has 0 bridgehead atoms. The molecule has 1 aromatic rings. The van der Waals surface area contributed by atoms with E-state index in [1.54, 1.807) is 4.90 Å². The molecule has 0 spiro atoms. The maximum absolute atomic E-state index is 11.9. The molecule has 0 saturated carbocycles. The third kappa shape index (κ3) is 5.48. The van der Waals surface area contributed by atoms with Crippen LogP contribution in [0.4, 0.5) is 0 Å². The summed E-state index contributed by atoms with van der Waals surface area (Å²) in [6.07, 6.45) is 0. The molecule has 0 aromatic heterocycles. The van der Waals surface area contributed by atoms with Crippen molar-refractivity contribution in [1.29, 1.82) is 0 Å². The second-order valence-electron chi connectivity index (χ2n) is 5.19. The number of likely N-dealkylation sites (N-methyl/N-ethyl adjacent to an activating group) is 2. The van der Waals surface area contributed by atoms with E-state index < -0.39 is 0 Å². The molecule has 1 amide bonds. The van der Waals surface area contributed by atoms with Crippen LogP contribution in [0.3, 0.4) is 0 Å². The topological polar surface area (TPSA) is 35.6 Å². The molecule has 0 heterocycles. The summed E-state index contributed by atoms with van der Waals surface area (Å²) in [5.41, 5.74) is 1.30. The first-order chi connectivity index (χ1) is 10.1. The lowest BCUT2D eigenvalue weighted by Crippen LogP contribution is -2.40. The SMILES string of the molecule is CCN(C)C(=O)CNCC(c1ccccc1)N(CC)CC. The lowest BCUT2D eigenvalue weighted by molar-refractivity contribution is -0.128. The molecular weight excluding hydrogens is 262 g/mol. The average Bonchev–Trinajstić information content (AvgIpc) is 2.54. The van der Waals surface area contributed by atoms with Crippen LogP contribution in [0.1, 0.15) is 32.4 Å². The number of nitrogens with one attached hydrogen (secondary N) is 1. The predicted octanol–water partition coefficient (Wildman–Crippen LogP) is 2.14. The molecule has 0 aliphatic carbocycles. The third-order valence-electron chi connectivity index (χ3n) is 3.95. The number of benzene rings is 1. The Balaban J connectivity index is 2.64. The Hall–Kier alpha value is -1.39. The molecule has 1 rings (SSSR count). The molecule has 21 heavy (non-hydrogen) atoms. The van der Waals surface area contributed by atoms with E-state index in [2.05, 4.69) is 48.3 Å². The summed E-state index contributed by atoms with van der Waals surface area (Å²) in [7, 11) is 1.84. The monoisotopic (exact) mass is 291 g/mol. The van der Waals surface area contributed by atoms with E-state index in [-0.39, 0.29) is 5.91 Å². The van der Waals surface area contributed by atoms with Gasteiger partial charge in [-0.05, 0) is 25.6 Å². The Morgan fingerprint density at radius 3 is 2.24 bits per heavy atom. The molecule has 1 N–H and O–H groups in total. The van der Waals surface area contributed by atoms with Gasteiger partial charge in [-0.1, -0.05) is 44.2 Å². The second kappa shape index (κ2) is 9.53. The summed E-state index contributed by atoms with van der Waals surface area (Å²) >= 11 is 0. The van der Waals surface area contributed by atoms with Gasteiger partial charge in [0.1, 0.15) is 0 Å². The van der Waals surface area contributed by atoms with Crippen LogP contribution in [-0.4, -0.2) is 55.5 Å². The van der Waals surface area contributed by atoms with E-state index in [1.165, 1.54) is 5.56 Å². The fourth-order valence-electron chi connectivity index (χ4n) is 2.42. The molecule has 1 aromatic carbocycles. The van der Waals surface area contributed by atoms with Crippen molar-refractivity contribution in [3.63, 3.8) is 0 Å². The summed E-state index contributed by atoms with van der Waals surface area (Å²) in [5, 5.41) is 3.32. The third-order valence-corrected chi connectivity index (χ3v) is 3.95. The van der Waals surface area contributed by atoms with Crippen molar-refractivity contribution in [1.82, 2.24) is 15.1 Å². The summed E-state index contributed by atoms with van der Waals surface area (Å²) in [6, 6.07) is 10.8. The molecule has 1 atom stereocenters. The molecule has 0 saturated heterocycles. The Kier molecular flexibility index (Phi) is 8.01. The minimum Gasteiger partial charge on any atom is -0.345 e. The highest BCUT2D eigenvalue weighted by molar-refractivity contribution is 5.77. The van der Waals surface area contributed by atoms with Crippen LogP contribution in [0.15, 0.2) is 30.3 Å². The maximum Gasteiger partial charge on any atom is 0.236 e. The van der Waals surface area contributed by atoms with Gasteiger partial charge in [0.05, 0.1) is 6.54 Å². The van der Waals surface area contributed by atoms with Crippen LogP contribution in [0.2, 0.25) is 0 Å². The molecule has 1 unspecified atom stereocenters. The molecule has 0 aliphatic rings. The predicted molar refractivity (Wildman–Crippen MR) is 88.3 cm³/mol. The summed E-state index contributed by atoms with van der Waals surface area (Å²) in [4.78, 5) is 16.0. The molecule has 118 valence electrons. The van der Waals surface area contributed by atoms with Crippen molar-refractivity contribution in [3.05, 3.63) is 35.9 Å². The van der Waals surface area contributed by atoms with Gasteiger partial charge >= 0.3 is 0 Å². The van der Waals surface area contributed by atoms with Gasteiger partial charge in [-0.3, -0.25) is 9.69 Å². The highest BCUT2D eigenvalue weighted by Gasteiger charge is 2.18. The number of rotatable bonds is 9. The molecular formula is C17H29N3O. The van der Waals surface area contributed by atoms with Gasteiger partial charge in [-0.2, -0.15) is 0 Å². The first kappa shape index (κ1) is 17.7. The largest absolute Gasteiger partial charge is 0.345 e. The van der Waals surface area contributed by atoms with E-state index in [9.17, 15) is 4.79 Å². The smallest absolute Gasteiger partial charge is 0.236 e. The summed E-state index contributed by atoms with van der Waals surface area (Å²) in [5.74, 6) is 0.142. The highest BCUT2D eigenvalue weighted by atomic mass is 16.2. The lowest BCUT2D eigenvalue weighted by Gasteiger charge is -2.30. The van der Waals surface area contributed by atoms with Crippen molar-refractivity contribution >= 4 is 5.91 Å². The Morgan fingerprint density at radius 2 is 1.71 bits per heavy atom. The van der Waals surface area contributed by atoms with Gasteiger partial charge in [0, 0.05) is 26.2 Å². The van der Waals surface area contributed by atoms with Gasteiger partial charge in [0.15, 0.2) is 0 Å². The van der Waals surface area contributed by atoms with E-state index in [0.29, 0.717) is 12.6 Å². The first-order valence-electron chi connectivity index (χ1n) is 7.87. The normalized spacial score (nSPS) is 12.4. The first-order valence-corrected chi connectivity index (χ1v) is 7.87. The lowest BCUT2D eigenvalue weighted by atomic mass is 10.1. The van der Waals surface area contributed by atoms with Gasteiger partial charge in [0.25, 0.3) is 0 Å². The maximum atomic E-state index is 11.9.